The van der Waals surface area contributed by atoms with E-state index < -0.39 is 21.7 Å². The minimum Gasteiger partial charge on any atom is -0.468 e. The van der Waals surface area contributed by atoms with Gasteiger partial charge in [0.1, 0.15) is 6.04 Å². The molecule has 1 fully saturated rings. The van der Waals surface area contributed by atoms with Crippen molar-refractivity contribution in [1.82, 2.24) is 5.32 Å². The highest BCUT2D eigenvalue weighted by Gasteiger charge is 2.30. The van der Waals surface area contributed by atoms with Crippen molar-refractivity contribution >= 4 is 15.7 Å². The molecule has 0 aromatic heterocycles. The summed E-state index contributed by atoms with van der Waals surface area (Å²) in [6, 6.07) is -0.551. The fourth-order valence-corrected chi connectivity index (χ4v) is 2.30. The number of ether oxygens (including phenoxy) is 1. The molecule has 64 valence electrons. The average molecular weight is 178 g/mol. The summed E-state index contributed by atoms with van der Waals surface area (Å²) in [6.07, 6.45) is 0. The standard InChI is InChI=1S/C5H10N2O3S/c1-10-5(8)4-2-11(6,9)3-7-4/h4,6-7H,2-3H2,1H3/t4-,11?/m0/s1. The van der Waals surface area contributed by atoms with E-state index in [1.165, 1.54) is 7.11 Å². The molecule has 5 nitrogen and oxygen atoms in total. The number of hydrogen-bond donors (Lipinski definition) is 2. The van der Waals surface area contributed by atoms with E-state index in [9.17, 15) is 9.00 Å². The lowest BCUT2D eigenvalue weighted by molar-refractivity contribution is -0.142. The predicted octanol–water partition coefficient (Wildman–Crippen LogP) is -0.865. The van der Waals surface area contributed by atoms with Crippen LogP contribution in [0, 0.1) is 4.78 Å². The van der Waals surface area contributed by atoms with Crippen molar-refractivity contribution in [3.63, 3.8) is 0 Å². The zero-order valence-electron chi connectivity index (χ0n) is 6.12. The van der Waals surface area contributed by atoms with E-state index >= 15 is 0 Å². The summed E-state index contributed by atoms with van der Waals surface area (Å²) < 4.78 is 22.6. The van der Waals surface area contributed by atoms with Gasteiger partial charge in [-0.05, 0) is 0 Å². The number of esters is 1. The molecular formula is C5H10N2O3S. The van der Waals surface area contributed by atoms with Crippen LogP contribution in [0.15, 0.2) is 0 Å². The van der Waals surface area contributed by atoms with Gasteiger partial charge in [-0.1, -0.05) is 0 Å². The van der Waals surface area contributed by atoms with Crippen LogP contribution in [0.1, 0.15) is 0 Å². The van der Waals surface area contributed by atoms with Gasteiger partial charge >= 0.3 is 5.97 Å². The van der Waals surface area contributed by atoms with Crippen LogP contribution in [0.4, 0.5) is 0 Å². The van der Waals surface area contributed by atoms with E-state index in [1.54, 1.807) is 0 Å². The quantitative estimate of drug-likeness (QED) is 0.512. The van der Waals surface area contributed by atoms with Gasteiger partial charge in [-0.3, -0.25) is 14.9 Å². The Morgan fingerprint density at radius 3 is 2.82 bits per heavy atom. The molecule has 0 radical (unpaired) electrons. The smallest absolute Gasteiger partial charge is 0.323 e. The lowest BCUT2D eigenvalue weighted by atomic mass is 10.3. The highest BCUT2D eigenvalue weighted by molar-refractivity contribution is 7.92. The molecule has 0 saturated carbocycles. The van der Waals surface area contributed by atoms with Crippen LogP contribution in [0.3, 0.4) is 0 Å². The summed E-state index contributed by atoms with van der Waals surface area (Å²) in [5.41, 5.74) is 0. The number of carbonyl (C=O) groups excluding carboxylic acids is 1. The molecule has 0 bridgehead atoms. The molecule has 0 aromatic rings. The van der Waals surface area contributed by atoms with Crippen LogP contribution in [0.2, 0.25) is 0 Å². The van der Waals surface area contributed by atoms with Crippen molar-refractivity contribution < 1.29 is 13.7 Å². The molecule has 0 aliphatic carbocycles. The first kappa shape index (κ1) is 8.48. The SMILES string of the molecule is COC(=O)[C@@H]1CS(=N)(=O)CN1. The molecule has 1 saturated heterocycles. The highest BCUT2D eigenvalue weighted by Crippen LogP contribution is 2.04. The third-order valence-electron chi connectivity index (χ3n) is 1.48. The van der Waals surface area contributed by atoms with Crippen LogP contribution < -0.4 is 5.32 Å². The van der Waals surface area contributed by atoms with Crippen LogP contribution in [-0.4, -0.2) is 35.0 Å². The average Bonchev–Trinajstić information content (AvgIpc) is 2.29. The molecule has 1 heterocycles. The summed E-state index contributed by atoms with van der Waals surface area (Å²) in [5.74, 6) is -0.283. The van der Waals surface area contributed by atoms with Crippen molar-refractivity contribution in [3.05, 3.63) is 0 Å². The minimum absolute atomic E-state index is 0.0691. The van der Waals surface area contributed by atoms with Crippen molar-refractivity contribution in [2.75, 3.05) is 18.7 Å². The molecule has 2 atom stereocenters. The second-order valence-corrected chi connectivity index (χ2v) is 4.65. The third kappa shape index (κ3) is 1.90. The Kier molecular flexibility index (Phi) is 2.15. The van der Waals surface area contributed by atoms with Gasteiger partial charge in [0.25, 0.3) is 0 Å². The second kappa shape index (κ2) is 2.78. The maximum atomic E-state index is 11.0. The number of hydrogen-bond acceptors (Lipinski definition) is 5. The molecule has 11 heavy (non-hydrogen) atoms. The normalized spacial score (nSPS) is 37.0. The molecule has 1 aliphatic heterocycles. The Hall–Kier alpha value is -0.620. The lowest BCUT2D eigenvalue weighted by Crippen LogP contribution is -2.33. The first-order valence-electron chi connectivity index (χ1n) is 3.10. The molecule has 0 aromatic carbocycles. The van der Waals surface area contributed by atoms with Crippen LogP contribution in [0.5, 0.6) is 0 Å². The zero-order valence-corrected chi connectivity index (χ0v) is 6.94. The number of methoxy groups -OCH3 is 1. The first-order chi connectivity index (χ1) is 5.05. The second-order valence-electron chi connectivity index (χ2n) is 2.40. The third-order valence-corrected chi connectivity index (χ3v) is 2.99. The highest BCUT2D eigenvalue weighted by atomic mass is 32.2. The molecule has 6 heteroatoms. The van der Waals surface area contributed by atoms with E-state index in [4.69, 9.17) is 4.78 Å². The van der Waals surface area contributed by atoms with E-state index in [1.807, 2.05) is 0 Å². The summed E-state index contributed by atoms with van der Waals surface area (Å²) in [5, 5.41) is 2.66. The summed E-state index contributed by atoms with van der Waals surface area (Å²) in [4.78, 5) is 10.8. The Balaban J connectivity index is 2.62. The Morgan fingerprint density at radius 2 is 2.45 bits per heavy atom. The van der Waals surface area contributed by atoms with Gasteiger partial charge in [-0.25, -0.2) is 4.21 Å². The monoisotopic (exact) mass is 178 g/mol. The molecular weight excluding hydrogens is 168 g/mol. The largest absolute Gasteiger partial charge is 0.468 e. The van der Waals surface area contributed by atoms with Gasteiger partial charge in [0.15, 0.2) is 0 Å². The van der Waals surface area contributed by atoms with Gasteiger partial charge in [0, 0.05) is 0 Å². The lowest BCUT2D eigenvalue weighted by Gasteiger charge is -2.03. The summed E-state index contributed by atoms with van der Waals surface area (Å²) in [6.45, 7) is 0. The summed E-state index contributed by atoms with van der Waals surface area (Å²) >= 11 is 0. The van der Waals surface area contributed by atoms with Gasteiger partial charge < -0.3 is 4.74 Å². The topological polar surface area (TPSA) is 79.2 Å². The molecule has 2 N–H and O–H groups in total. The van der Waals surface area contributed by atoms with E-state index in [0.29, 0.717) is 0 Å². The Bertz CT molecular complexity index is 259. The Morgan fingerprint density at radius 1 is 1.82 bits per heavy atom. The van der Waals surface area contributed by atoms with Crippen LogP contribution in [-0.2, 0) is 19.3 Å². The minimum atomic E-state index is -2.56. The maximum absolute atomic E-state index is 11.0. The fourth-order valence-electron chi connectivity index (χ4n) is 0.916. The zero-order chi connectivity index (χ0) is 8.48. The van der Waals surface area contributed by atoms with Crippen LogP contribution in [0.25, 0.3) is 0 Å². The summed E-state index contributed by atoms with van der Waals surface area (Å²) in [7, 11) is -1.29. The number of rotatable bonds is 1. The predicted molar refractivity (Wildman–Crippen MR) is 39.5 cm³/mol. The molecule has 1 rings (SSSR count). The van der Waals surface area contributed by atoms with Crippen molar-refractivity contribution in [2.24, 2.45) is 0 Å². The van der Waals surface area contributed by atoms with Crippen LogP contribution >= 0.6 is 0 Å². The van der Waals surface area contributed by atoms with Gasteiger partial charge in [-0.15, -0.1) is 0 Å². The van der Waals surface area contributed by atoms with Crippen molar-refractivity contribution in [2.45, 2.75) is 6.04 Å². The Labute approximate surface area is 65.1 Å². The maximum Gasteiger partial charge on any atom is 0.323 e. The molecule has 0 spiro atoms. The van der Waals surface area contributed by atoms with Crippen molar-refractivity contribution in [1.29, 1.82) is 4.78 Å². The number of nitrogens with one attached hydrogen (secondary N) is 2. The van der Waals surface area contributed by atoms with Gasteiger partial charge in [0.05, 0.1) is 28.5 Å². The molecule has 1 unspecified atom stereocenters. The molecule has 1 aliphatic rings. The van der Waals surface area contributed by atoms with E-state index in [2.05, 4.69) is 10.1 Å². The molecule has 0 amide bonds. The van der Waals surface area contributed by atoms with Crippen molar-refractivity contribution in [3.8, 4) is 0 Å². The van der Waals surface area contributed by atoms with E-state index in [-0.39, 0.29) is 11.6 Å². The van der Waals surface area contributed by atoms with Gasteiger partial charge in [0.2, 0.25) is 0 Å². The first-order valence-corrected chi connectivity index (χ1v) is 5.00. The van der Waals surface area contributed by atoms with E-state index in [0.717, 1.165) is 0 Å². The fraction of sp³-hybridized carbons (Fsp3) is 0.800. The number of carbonyl (C=O) groups is 1. The van der Waals surface area contributed by atoms with Gasteiger partial charge in [-0.2, -0.15) is 0 Å².